The van der Waals surface area contributed by atoms with Gasteiger partial charge in [-0.05, 0) is 72.4 Å². The summed E-state index contributed by atoms with van der Waals surface area (Å²) < 4.78 is 11.6. The molecule has 0 spiro atoms. The molecule has 0 aliphatic carbocycles. The summed E-state index contributed by atoms with van der Waals surface area (Å²) in [5.41, 5.74) is 0.276. The molecule has 0 radical (unpaired) electrons. The number of carbonyl (C=O) groups excluding carboxylic acids is 3. The lowest BCUT2D eigenvalue weighted by atomic mass is 10.1. The number of amides is 2. The van der Waals surface area contributed by atoms with Crippen LogP contribution in [0.15, 0.2) is 23.7 Å². The molecule has 2 amide bonds. The third-order valence-corrected chi connectivity index (χ3v) is 7.01. The Kier molecular flexibility index (Phi) is 8.04. The number of nitrogens with zero attached hydrogens (tertiary/aromatic N) is 3. The molecule has 0 saturated heterocycles. The topological polar surface area (TPSA) is 111 Å². The highest BCUT2D eigenvalue weighted by atomic mass is 32.1. The minimum absolute atomic E-state index is 0.282. The number of fused-ring (bicyclic) bond motifs is 1. The van der Waals surface area contributed by atoms with Gasteiger partial charge in [0, 0.05) is 4.88 Å². The summed E-state index contributed by atoms with van der Waals surface area (Å²) >= 11 is 2.74. The van der Waals surface area contributed by atoms with Crippen LogP contribution in [0.4, 0.5) is 15.3 Å². The largest absolute Gasteiger partial charge is 0.444 e. The molecule has 36 heavy (non-hydrogen) atoms. The Bertz CT molecular complexity index is 1260. The molecule has 1 atom stereocenters. The second kappa shape index (κ2) is 10.5. The predicted octanol–water partition coefficient (Wildman–Crippen LogP) is 6.10. The number of Topliss-reactive ketones (excluding diaryl/α,β-unsaturated/α-hetero) is 1. The van der Waals surface area contributed by atoms with Gasteiger partial charge in [0.1, 0.15) is 16.7 Å². The Hall–Kier alpha value is -3.05. The second-order valence-corrected chi connectivity index (χ2v) is 12.4. The Morgan fingerprint density at radius 3 is 2.36 bits per heavy atom. The fraction of sp³-hybridized carbons (Fsp3) is 0.480. The van der Waals surface area contributed by atoms with Crippen LogP contribution >= 0.6 is 22.7 Å². The maximum Gasteiger partial charge on any atom is 0.415 e. The van der Waals surface area contributed by atoms with Crippen LogP contribution in [0.3, 0.4) is 0 Å². The van der Waals surface area contributed by atoms with E-state index in [1.807, 2.05) is 17.5 Å². The first-order valence-corrected chi connectivity index (χ1v) is 13.2. The average Bonchev–Trinajstić information content (AvgIpc) is 3.36. The van der Waals surface area contributed by atoms with E-state index >= 15 is 0 Å². The SMILES string of the molecule is Cc1c(C(=O)C(C)NC(=O)OC(C)(C)C)sc2c(N(Cc3cccs3)C(=O)OC(C)(C)C)cnnc12. The summed E-state index contributed by atoms with van der Waals surface area (Å²) in [7, 11) is 0. The normalized spacial score (nSPS) is 12.8. The lowest BCUT2D eigenvalue weighted by Gasteiger charge is -2.27. The van der Waals surface area contributed by atoms with Crippen LogP contribution in [0.25, 0.3) is 10.2 Å². The number of aromatic nitrogens is 2. The second-order valence-electron chi connectivity index (χ2n) is 10.3. The van der Waals surface area contributed by atoms with E-state index in [4.69, 9.17) is 9.47 Å². The van der Waals surface area contributed by atoms with Crippen LogP contribution in [0.5, 0.6) is 0 Å². The van der Waals surface area contributed by atoms with Gasteiger partial charge in [0.15, 0.2) is 5.78 Å². The van der Waals surface area contributed by atoms with Crippen molar-refractivity contribution in [3.05, 3.63) is 39.0 Å². The van der Waals surface area contributed by atoms with E-state index < -0.39 is 29.4 Å². The number of alkyl carbamates (subject to hydrolysis) is 1. The van der Waals surface area contributed by atoms with Gasteiger partial charge in [0.2, 0.25) is 0 Å². The van der Waals surface area contributed by atoms with Crippen molar-refractivity contribution in [2.24, 2.45) is 0 Å². The molecule has 0 saturated carbocycles. The van der Waals surface area contributed by atoms with E-state index in [9.17, 15) is 14.4 Å². The van der Waals surface area contributed by atoms with Crippen molar-refractivity contribution >= 4 is 56.5 Å². The maximum absolute atomic E-state index is 13.3. The monoisotopic (exact) mass is 532 g/mol. The molecule has 0 aromatic carbocycles. The van der Waals surface area contributed by atoms with E-state index in [0.29, 0.717) is 26.3 Å². The van der Waals surface area contributed by atoms with Crippen molar-refractivity contribution in [3.8, 4) is 0 Å². The van der Waals surface area contributed by atoms with Gasteiger partial charge >= 0.3 is 12.2 Å². The molecule has 11 heteroatoms. The summed E-state index contributed by atoms with van der Waals surface area (Å²) in [5.74, 6) is -0.283. The van der Waals surface area contributed by atoms with Gasteiger partial charge in [-0.25, -0.2) is 9.59 Å². The van der Waals surface area contributed by atoms with Crippen LogP contribution < -0.4 is 10.2 Å². The van der Waals surface area contributed by atoms with Crippen LogP contribution in [0, 0.1) is 6.92 Å². The molecule has 3 aromatic heterocycles. The van der Waals surface area contributed by atoms with Crippen LogP contribution in [-0.2, 0) is 16.0 Å². The van der Waals surface area contributed by atoms with E-state index in [1.165, 1.54) is 33.8 Å². The van der Waals surface area contributed by atoms with Crippen molar-refractivity contribution < 1.29 is 23.9 Å². The molecule has 0 bridgehead atoms. The Balaban J connectivity index is 1.99. The number of rotatable bonds is 6. The number of ketones is 1. The van der Waals surface area contributed by atoms with E-state index in [-0.39, 0.29) is 12.3 Å². The summed E-state index contributed by atoms with van der Waals surface area (Å²) in [4.78, 5) is 41.6. The predicted molar refractivity (Wildman–Crippen MR) is 142 cm³/mol. The first kappa shape index (κ1) is 27.5. The van der Waals surface area contributed by atoms with Crippen LogP contribution in [0.2, 0.25) is 0 Å². The number of thiophene rings is 2. The number of hydrogen-bond acceptors (Lipinski definition) is 9. The van der Waals surface area contributed by atoms with Crippen molar-refractivity contribution in [3.63, 3.8) is 0 Å². The Labute approximate surface area is 218 Å². The molecular formula is C25H32N4O5S2. The van der Waals surface area contributed by atoms with Crippen LogP contribution in [-0.4, -0.2) is 45.4 Å². The highest BCUT2D eigenvalue weighted by molar-refractivity contribution is 7.21. The zero-order valence-corrected chi connectivity index (χ0v) is 23.4. The standard InChI is InChI=1S/C25H32N4O5S2/c1-14-18-21(36-20(14)19(30)15(2)27-22(31)33-24(3,4)5)17(12-26-28-18)29(13-16-10-9-11-35-16)23(32)34-25(6,7)8/h9-12,15H,13H2,1-8H3,(H,27,31). The molecule has 0 fully saturated rings. The lowest BCUT2D eigenvalue weighted by Crippen LogP contribution is -2.41. The minimum atomic E-state index is -0.823. The van der Waals surface area contributed by atoms with Crippen LogP contribution in [0.1, 0.15) is 68.6 Å². The summed E-state index contributed by atoms with van der Waals surface area (Å²) in [6, 6.07) is 3.03. The number of anilines is 1. The Morgan fingerprint density at radius 2 is 1.78 bits per heavy atom. The van der Waals surface area contributed by atoms with Crippen molar-refractivity contribution in [2.45, 2.75) is 79.2 Å². The smallest absolute Gasteiger partial charge is 0.415 e. The number of ether oxygens (including phenoxy) is 2. The highest BCUT2D eigenvalue weighted by Gasteiger charge is 2.30. The third kappa shape index (κ3) is 6.79. The quantitative estimate of drug-likeness (QED) is 0.382. The first-order chi connectivity index (χ1) is 16.7. The molecule has 194 valence electrons. The van der Waals surface area contributed by atoms with Crippen molar-refractivity contribution in [1.29, 1.82) is 0 Å². The zero-order valence-electron chi connectivity index (χ0n) is 21.8. The van der Waals surface area contributed by atoms with Gasteiger partial charge in [-0.2, -0.15) is 5.10 Å². The van der Waals surface area contributed by atoms with Gasteiger partial charge in [-0.1, -0.05) is 6.07 Å². The molecule has 1 unspecified atom stereocenters. The molecular weight excluding hydrogens is 500 g/mol. The highest BCUT2D eigenvalue weighted by Crippen LogP contribution is 2.37. The summed E-state index contributed by atoms with van der Waals surface area (Å²) in [5, 5.41) is 12.9. The van der Waals surface area contributed by atoms with Crippen molar-refractivity contribution in [1.82, 2.24) is 15.5 Å². The molecule has 9 nitrogen and oxygen atoms in total. The molecule has 3 heterocycles. The number of aryl methyl sites for hydroxylation is 1. The third-order valence-electron chi connectivity index (χ3n) is 4.83. The fourth-order valence-electron chi connectivity index (χ4n) is 3.30. The number of nitrogens with one attached hydrogen (secondary N) is 1. The minimum Gasteiger partial charge on any atom is -0.444 e. The van der Waals surface area contributed by atoms with E-state index in [2.05, 4.69) is 15.5 Å². The summed E-state index contributed by atoms with van der Waals surface area (Å²) in [6.07, 6.45) is 0.311. The average molecular weight is 533 g/mol. The molecule has 0 aliphatic heterocycles. The molecule has 3 aromatic rings. The van der Waals surface area contributed by atoms with Crippen molar-refractivity contribution in [2.75, 3.05) is 4.90 Å². The van der Waals surface area contributed by atoms with Gasteiger partial charge in [0.25, 0.3) is 0 Å². The van der Waals surface area contributed by atoms with E-state index in [1.54, 1.807) is 55.4 Å². The molecule has 1 N–H and O–H groups in total. The van der Waals surface area contributed by atoms with Gasteiger partial charge in [-0.3, -0.25) is 9.69 Å². The first-order valence-electron chi connectivity index (χ1n) is 11.5. The van der Waals surface area contributed by atoms with Gasteiger partial charge in [0.05, 0.1) is 34.0 Å². The summed E-state index contributed by atoms with van der Waals surface area (Å²) in [6.45, 7) is 14.3. The van der Waals surface area contributed by atoms with E-state index in [0.717, 1.165) is 4.88 Å². The maximum atomic E-state index is 13.3. The zero-order chi connectivity index (χ0) is 26.8. The lowest BCUT2D eigenvalue weighted by molar-refractivity contribution is 0.0496. The van der Waals surface area contributed by atoms with Gasteiger partial charge in [-0.15, -0.1) is 27.8 Å². The molecule has 3 rings (SSSR count). The fourth-order valence-corrected chi connectivity index (χ4v) is 5.28. The molecule has 0 aliphatic rings. The number of hydrogen-bond donors (Lipinski definition) is 1. The number of carbonyl (C=O) groups is 3. The van der Waals surface area contributed by atoms with Gasteiger partial charge < -0.3 is 14.8 Å². The Morgan fingerprint density at radius 1 is 1.11 bits per heavy atom.